The van der Waals surface area contributed by atoms with Crippen LogP contribution in [-0.2, 0) is 4.79 Å². The van der Waals surface area contributed by atoms with Crippen LogP contribution >= 0.6 is 0 Å². The largest absolute Gasteiger partial charge is 0.367 e. The molecular weight excluding hydrogens is 392 g/mol. The number of hydrogen-bond acceptors (Lipinski definition) is 5. The van der Waals surface area contributed by atoms with Crippen LogP contribution in [-0.4, -0.2) is 46.9 Å². The van der Waals surface area contributed by atoms with E-state index in [2.05, 4.69) is 14.8 Å². The lowest BCUT2D eigenvalue weighted by molar-refractivity contribution is -0.383. The summed E-state index contributed by atoms with van der Waals surface area (Å²) >= 11 is 0. The minimum absolute atomic E-state index is 0.0807. The second kappa shape index (κ2) is 6.90. The maximum Gasteiger partial charge on any atom is 0.278 e. The Morgan fingerprint density at radius 1 is 0.968 bits per heavy atom. The summed E-state index contributed by atoms with van der Waals surface area (Å²) in [4.78, 5) is 33.2. The zero-order valence-electron chi connectivity index (χ0n) is 17.7. The molecule has 1 aromatic heterocycles. The molecule has 0 atom stereocenters. The summed E-state index contributed by atoms with van der Waals surface area (Å²) in [5.74, 6) is 2.73. The first-order valence-corrected chi connectivity index (χ1v) is 11.6. The first-order chi connectivity index (χ1) is 15.0. The van der Waals surface area contributed by atoms with Gasteiger partial charge in [0.1, 0.15) is 0 Å². The molecule has 2 aromatic rings. The van der Waals surface area contributed by atoms with Crippen molar-refractivity contribution in [3.63, 3.8) is 0 Å². The number of carbonyl (C=O) groups excluding carboxylic acids is 1. The summed E-state index contributed by atoms with van der Waals surface area (Å²) in [6.07, 6.45) is 10.6. The Morgan fingerprint density at radius 2 is 1.61 bits per heavy atom. The smallest absolute Gasteiger partial charge is 0.278 e. The lowest BCUT2D eigenvalue weighted by Crippen LogP contribution is -2.58. The molecule has 0 radical (unpaired) electrons. The van der Waals surface area contributed by atoms with Gasteiger partial charge in [-0.15, -0.1) is 0 Å². The first-order valence-electron chi connectivity index (χ1n) is 11.6. The molecule has 1 aliphatic heterocycles. The lowest BCUT2D eigenvalue weighted by atomic mass is 9.49. The van der Waals surface area contributed by atoms with Gasteiger partial charge in [-0.1, -0.05) is 0 Å². The van der Waals surface area contributed by atoms with E-state index >= 15 is 0 Å². The van der Waals surface area contributed by atoms with E-state index < -0.39 is 0 Å². The average Bonchev–Trinajstić information content (AvgIpc) is 2.77. The van der Waals surface area contributed by atoms with Gasteiger partial charge in [0.2, 0.25) is 5.91 Å². The Labute approximate surface area is 181 Å². The van der Waals surface area contributed by atoms with Crippen molar-refractivity contribution in [3.05, 3.63) is 40.7 Å². The number of aromatic nitrogens is 1. The summed E-state index contributed by atoms with van der Waals surface area (Å²) in [6.45, 7) is 2.97. The number of anilines is 1. The highest BCUT2D eigenvalue weighted by atomic mass is 16.6. The third-order valence-corrected chi connectivity index (χ3v) is 8.37. The molecule has 7 nitrogen and oxygen atoms in total. The highest BCUT2D eigenvalue weighted by molar-refractivity contribution is 5.99. The number of nitro benzene ring substituents is 1. The van der Waals surface area contributed by atoms with Crippen LogP contribution in [0.1, 0.15) is 38.5 Å². The third-order valence-electron chi connectivity index (χ3n) is 8.37. The normalized spacial score (nSPS) is 31.9. The number of piperazine rings is 1. The quantitative estimate of drug-likeness (QED) is 0.554. The van der Waals surface area contributed by atoms with Crippen molar-refractivity contribution in [1.29, 1.82) is 0 Å². The lowest BCUT2D eigenvalue weighted by Gasteiger charge is -2.57. The van der Waals surface area contributed by atoms with Crippen LogP contribution in [0.2, 0.25) is 0 Å². The molecule has 7 heteroatoms. The number of amides is 1. The van der Waals surface area contributed by atoms with E-state index in [4.69, 9.17) is 0 Å². The van der Waals surface area contributed by atoms with Gasteiger partial charge < -0.3 is 9.80 Å². The Hall–Kier alpha value is -2.70. The number of rotatable bonds is 3. The van der Waals surface area contributed by atoms with Gasteiger partial charge in [-0.05, 0) is 68.4 Å². The Kier molecular flexibility index (Phi) is 4.24. The van der Waals surface area contributed by atoms with Crippen molar-refractivity contribution in [2.24, 2.45) is 23.2 Å². The molecule has 4 saturated carbocycles. The van der Waals surface area contributed by atoms with Crippen LogP contribution in [0.4, 0.5) is 11.4 Å². The van der Waals surface area contributed by atoms with Crippen molar-refractivity contribution in [1.82, 2.24) is 9.88 Å². The SMILES string of the molecule is O=C(N1CCN(c2ccc([N+](=O)[O-])c3cnccc23)CC1)C12CC3CC(CC(C3)C1)C2. The van der Waals surface area contributed by atoms with E-state index in [1.165, 1.54) is 19.3 Å². The third kappa shape index (κ3) is 3.00. The van der Waals surface area contributed by atoms with Crippen LogP contribution in [0.15, 0.2) is 30.6 Å². The highest BCUT2D eigenvalue weighted by Gasteiger charge is 2.55. The van der Waals surface area contributed by atoms with E-state index in [9.17, 15) is 14.9 Å². The molecule has 1 amide bonds. The van der Waals surface area contributed by atoms with Gasteiger partial charge >= 0.3 is 0 Å². The molecule has 162 valence electrons. The van der Waals surface area contributed by atoms with Crippen LogP contribution in [0.25, 0.3) is 10.8 Å². The minimum Gasteiger partial charge on any atom is -0.367 e. The first kappa shape index (κ1) is 19.0. The summed E-state index contributed by atoms with van der Waals surface area (Å²) in [5, 5.41) is 12.8. The topological polar surface area (TPSA) is 79.6 Å². The Morgan fingerprint density at radius 3 is 2.23 bits per heavy atom. The van der Waals surface area contributed by atoms with Gasteiger partial charge in [-0.3, -0.25) is 19.9 Å². The molecule has 4 bridgehead atoms. The summed E-state index contributed by atoms with van der Waals surface area (Å²) < 4.78 is 0. The summed E-state index contributed by atoms with van der Waals surface area (Å²) in [6, 6.07) is 5.27. The highest BCUT2D eigenvalue weighted by Crippen LogP contribution is 2.60. The van der Waals surface area contributed by atoms with E-state index in [0.29, 0.717) is 11.3 Å². The molecule has 5 fully saturated rings. The van der Waals surface area contributed by atoms with Gasteiger partial charge in [0.25, 0.3) is 5.69 Å². The van der Waals surface area contributed by atoms with E-state index in [1.807, 2.05) is 12.1 Å². The zero-order valence-corrected chi connectivity index (χ0v) is 17.7. The van der Waals surface area contributed by atoms with Crippen molar-refractivity contribution >= 4 is 28.1 Å². The number of fused-ring (bicyclic) bond motifs is 1. The van der Waals surface area contributed by atoms with Crippen LogP contribution in [0, 0.1) is 33.3 Å². The van der Waals surface area contributed by atoms with Gasteiger partial charge in [0.15, 0.2) is 0 Å². The monoisotopic (exact) mass is 420 g/mol. The minimum atomic E-state index is -0.351. The van der Waals surface area contributed by atoms with E-state index in [-0.39, 0.29) is 16.0 Å². The summed E-state index contributed by atoms with van der Waals surface area (Å²) in [7, 11) is 0. The number of hydrogen-bond donors (Lipinski definition) is 0. The fraction of sp³-hybridized carbons (Fsp3) is 0.583. The average molecular weight is 421 g/mol. The molecule has 7 rings (SSSR count). The number of nitrogens with zero attached hydrogens (tertiary/aromatic N) is 4. The predicted octanol–water partition coefficient (Wildman–Crippen LogP) is 4.01. The van der Waals surface area contributed by atoms with Gasteiger partial charge in [-0.25, -0.2) is 0 Å². The van der Waals surface area contributed by atoms with E-state index in [1.54, 1.807) is 18.5 Å². The van der Waals surface area contributed by atoms with E-state index in [0.717, 1.165) is 74.3 Å². The zero-order chi connectivity index (χ0) is 21.2. The number of nitro groups is 1. The van der Waals surface area contributed by atoms with Crippen LogP contribution < -0.4 is 4.90 Å². The fourth-order valence-electron chi connectivity index (χ4n) is 7.45. The second-order valence-electron chi connectivity index (χ2n) is 10.3. The molecule has 5 aliphatic rings. The molecule has 4 aliphatic carbocycles. The fourth-order valence-corrected chi connectivity index (χ4v) is 7.45. The number of carbonyl (C=O) groups is 1. The van der Waals surface area contributed by atoms with Gasteiger partial charge in [-0.2, -0.15) is 0 Å². The molecule has 1 saturated heterocycles. The maximum atomic E-state index is 13.7. The maximum absolute atomic E-state index is 13.7. The van der Waals surface area contributed by atoms with Crippen LogP contribution in [0.5, 0.6) is 0 Å². The standard InChI is InChI=1S/C24H28N4O3/c29-23(24-12-16-9-17(13-24)11-18(10-16)14-24)27-7-5-26(6-8-27)21-1-2-22(28(30)31)20-15-25-4-3-19(20)21/h1-4,15-18H,5-14H2. The molecule has 31 heavy (non-hydrogen) atoms. The molecule has 0 spiro atoms. The van der Waals surface area contributed by atoms with Crippen molar-refractivity contribution in [3.8, 4) is 0 Å². The Balaban J connectivity index is 1.21. The van der Waals surface area contributed by atoms with Crippen molar-refractivity contribution in [2.75, 3.05) is 31.1 Å². The molecule has 0 N–H and O–H groups in total. The van der Waals surface area contributed by atoms with Gasteiger partial charge in [0.05, 0.1) is 15.7 Å². The molecule has 1 aromatic carbocycles. The number of non-ortho nitro benzene ring substituents is 1. The van der Waals surface area contributed by atoms with Gasteiger partial charge in [0, 0.05) is 55.7 Å². The number of benzene rings is 1. The Bertz CT molecular complexity index is 1020. The molecule has 2 heterocycles. The molecule has 0 unspecified atom stereocenters. The van der Waals surface area contributed by atoms with Crippen molar-refractivity contribution in [2.45, 2.75) is 38.5 Å². The van der Waals surface area contributed by atoms with Crippen LogP contribution in [0.3, 0.4) is 0 Å². The second-order valence-corrected chi connectivity index (χ2v) is 10.3. The summed E-state index contributed by atoms with van der Waals surface area (Å²) in [5.41, 5.74) is 0.996. The molecular formula is C24H28N4O3. The van der Waals surface area contributed by atoms with Crippen molar-refractivity contribution < 1.29 is 9.72 Å². The number of pyridine rings is 1. The predicted molar refractivity (Wildman–Crippen MR) is 118 cm³/mol.